The molecule has 1 unspecified atom stereocenters. The molecule has 1 aromatic rings. The van der Waals surface area contributed by atoms with Gasteiger partial charge in [0.05, 0.1) is 18.4 Å². The highest BCUT2D eigenvalue weighted by molar-refractivity contribution is 7.89. The molecule has 0 aliphatic rings. The van der Waals surface area contributed by atoms with Gasteiger partial charge in [-0.2, -0.15) is 0 Å². The largest absolute Gasteiger partial charge is 0.382 e. The van der Waals surface area contributed by atoms with Crippen LogP contribution in [0.4, 0.5) is 0 Å². The van der Waals surface area contributed by atoms with Gasteiger partial charge in [0.15, 0.2) is 0 Å². The molecule has 0 saturated carbocycles. The van der Waals surface area contributed by atoms with E-state index in [-0.39, 0.29) is 24.1 Å². The molecular weight excluding hydrogens is 270 g/mol. The van der Waals surface area contributed by atoms with Gasteiger partial charge in [-0.05, 0) is 12.1 Å². The Hall–Kier alpha value is -1.06. The third-order valence-corrected chi connectivity index (χ3v) is 3.91. The van der Waals surface area contributed by atoms with Crippen LogP contribution in [0.3, 0.4) is 0 Å². The van der Waals surface area contributed by atoms with Crippen molar-refractivity contribution in [1.82, 2.24) is 9.71 Å². The fourth-order valence-electron chi connectivity index (χ4n) is 1.37. The summed E-state index contributed by atoms with van der Waals surface area (Å²) < 4.78 is 36.4. The van der Waals surface area contributed by atoms with Crippen molar-refractivity contribution in [3.05, 3.63) is 24.0 Å². The Morgan fingerprint density at radius 2 is 2.16 bits per heavy atom. The molecule has 1 atom stereocenters. The van der Waals surface area contributed by atoms with Gasteiger partial charge >= 0.3 is 0 Å². The van der Waals surface area contributed by atoms with E-state index in [0.29, 0.717) is 12.3 Å². The quantitative estimate of drug-likeness (QED) is 0.667. The van der Waals surface area contributed by atoms with Crippen molar-refractivity contribution in [3.63, 3.8) is 0 Å². The molecule has 3 N–H and O–H groups in total. The van der Waals surface area contributed by atoms with Crippen molar-refractivity contribution in [1.29, 1.82) is 0 Å². The molecule has 0 fully saturated rings. The van der Waals surface area contributed by atoms with Gasteiger partial charge in [-0.25, -0.2) is 13.1 Å². The van der Waals surface area contributed by atoms with E-state index in [4.69, 9.17) is 15.2 Å². The first kappa shape index (κ1) is 16.0. The standard InChI is InChI=1S/C11H19N3O4S/c1-17-8-10(18-2)6-14-19(15,16)11-4-3-9(5-12)13-7-11/h3-4,7,10,14H,5-6,8,12H2,1-2H3. The number of nitrogens with zero attached hydrogens (tertiary/aromatic N) is 1. The van der Waals surface area contributed by atoms with Gasteiger partial charge in [-0.15, -0.1) is 0 Å². The van der Waals surface area contributed by atoms with E-state index in [0.717, 1.165) is 0 Å². The molecule has 0 bridgehead atoms. The van der Waals surface area contributed by atoms with Crippen LogP contribution in [0.25, 0.3) is 0 Å². The molecule has 8 heteroatoms. The van der Waals surface area contributed by atoms with Crippen molar-refractivity contribution in [3.8, 4) is 0 Å². The summed E-state index contributed by atoms with van der Waals surface area (Å²) in [4.78, 5) is 4.04. The molecule has 108 valence electrons. The van der Waals surface area contributed by atoms with E-state index < -0.39 is 10.0 Å². The first-order valence-corrected chi connectivity index (χ1v) is 7.18. The number of rotatable bonds is 8. The average Bonchev–Trinajstić information content (AvgIpc) is 2.43. The summed E-state index contributed by atoms with van der Waals surface area (Å²) in [5.41, 5.74) is 6.03. The second-order valence-electron chi connectivity index (χ2n) is 3.85. The van der Waals surface area contributed by atoms with Crippen LogP contribution in [0.15, 0.2) is 23.2 Å². The van der Waals surface area contributed by atoms with E-state index in [9.17, 15) is 8.42 Å². The Labute approximate surface area is 113 Å². The lowest BCUT2D eigenvalue weighted by Gasteiger charge is -2.15. The summed E-state index contributed by atoms with van der Waals surface area (Å²) in [7, 11) is -0.578. The number of hydrogen-bond donors (Lipinski definition) is 2. The number of nitrogens with one attached hydrogen (secondary N) is 1. The molecule has 7 nitrogen and oxygen atoms in total. The summed E-state index contributed by atoms with van der Waals surface area (Å²) in [5.74, 6) is 0. The maximum absolute atomic E-state index is 12.0. The summed E-state index contributed by atoms with van der Waals surface area (Å²) in [6.07, 6.45) is 0.943. The second-order valence-corrected chi connectivity index (χ2v) is 5.62. The first-order chi connectivity index (χ1) is 9.03. The van der Waals surface area contributed by atoms with Gasteiger partial charge in [0.25, 0.3) is 0 Å². The third kappa shape index (κ3) is 4.84. The zero-order valence-corrected chi connectivity index (χ0v) is 11.8. The smallest absolute Gasteiger partial charge is 0.242 e. The topological polar surface area (TPSA) is 104 Å². The van der Waals surface area contributed by atoms with Crippen molar-refractivity contribution in [2.75, 3.05) is 27.4 Å². The number of pyridine rings is 1. The predicted octanol–water partition coefficient (Wildman–Crippen LogP) is -0.520. The number of hydrogen-bond acceptors (Lipinski definition) is 6. The summed E-state index contributed by atoms with van der Waals surface area (Å²) in [5, 5.41) is 0. The van der Waals surface area contributed by atoms with Gasteiger partial charge in [0.1, 0.15) is 4.90 Å². The van der Waals surface area contributed by atoms with Crippen molar-refractivity contribution in [2.24, 2.45) is 5.73 Å². The summed E-state index contributed by atoms with van der Waals surface area (Å²) in [6, 6.07) is 3.05. The van der Waals surface area contributed by atoms with Crippen LogP contribution < -0.4 is 10.5 Å². The van der Waals surface area contributed by atoms with Crippen molar-refractivity contribution in [2.45, 2.75) is 17.5 Å². The average molecular weight is 289 g/mol. The first-order valence-electron chi connectivity index (χ1n) is 5.70. The molecule has 19 heavy (non-hydrogen) atoms. The van der Waals surface area contributed by atoms with Gasteiger partial charge in [0, 0.05) is 33.5 Å². The number of methoxy groups -OCH3 is 2. The lowest BCUT2D eigenvalue weighted by atomic mass is 10.4. The second kappa shape index (κ2) is 7.51. The molecule has 1 aromatic heterocycles. The fourth-order valence-corrected chi connectivity index (χ4v) is 2.38. The van der Waals surface area contributed by atoms with E-state index in [1.165, 1.54) is 26.5 Å². The SMILES string of the molecule is COCC(CNS(=O)(=O)c1ccc(CN)nc1)OC. The van der Waals surface area contributed by atoms with Gasteiger partial charge in [0.2, 0.25) is 10.0 Å². The fraction of sp³-hybridized carbons (Fsp3) is 0.545. The zero-order chi connectivity index (χ0) is 14.3. The molecule has 0 aliphatic heterocycles. The van der Waals surface area contributed by atoms with E-state index in [1.54, 1.807) is 6.07 Å². The van der Waals surface area contributed by atoms with Crippen LogP contribution in [0, 0.1) is 0 Å². The molecule has 0 radical (unpaired) electrons. The van der Waals surface area contributed by atoms with Gasteiger partial charge in [-0.1, -0.05) is 0 Å². The van der Waals surface area contributed by atoms with Crippen LogP contribution in [0.2, 0.25) is 0 Å². The molecular formula is C11H19N3O4S. The van der Waals surface area contributed by atoms with E-state index in [2.05, 4.69) is 9.71 Å². The number of sulfonamides is 1. The Bertz CT molecular complexity index is 475. The molecule has 0 amide bonds. The number of aromatic nitrogens is 1. The molecule has 1 heterocycles. The monoisotopic (exact) mass is 289 g/mol. The minimum Gasteiger partial charge on any atom is -0.382 e. The molecule has 0 aromatic carbocycles. The highest BCUT2D eigenvalue weighted by atomic mass is 32.2. The molecule has 0 spiro atoms. The summed E-state index contributed by atoms with van der Waals surface area (Å²) in [6.45, 7) is 0.710. The number of ether oxygens (including phenoxy) is 2. The van der Waals surface area contributed by atoms with Gasteiger partial charge < -0.3 is 15.2 Å². The molecule has 0 aliphatic carbocycles. The van der Waals surface area contributed by atoms with Crippen LogP contribution in [0.1, 0.15) is 5.69 Å². The Kier molecular flexibility index (Phi) is 6.32. The maximum atomic E-state index is 12.0. The minimum atomic E-state index is -3.60. The van der Waals surface area contributed by atoms with E-state index in [1.807, 2.05) is 0 Å². The van der Waals surface area contributed by atoms with Crippen LogP contribution in [-0.2, 0) is 26.0 Å². The lowest BCUT2D eigenvalue weighted by Crippen LogP contribution is -2.35. The zero-order valence-electron chi connectivity index (χ0n) is 11.0. The normalized spacial score (nSPS) is 13.4. The molecule has 1 rings (SSSR count). The van der Waals surface area contributed by atoms with E-state index >= 15 is 0 Å². The molecule has 0 saturated heterocycles. The Morgan fingerprint density at radius 1 is 1.42 bits per heavy atom. The lowest BCUT2D eigenvalue weighted by molar-refractivity contribution is 0.0320. The van der Waals surface area contributed by atoms with Crippen molar-refractivity contribution < 1.29 is 17.9 Å². The van der Waals surface area contributed by atoms with Gasteiger partial charge in [-0.3, -0.25) is 4.98 Å². The Balaban J connectivity index is 2.69. The Morgan fingerprint density at radius 3 is 2.63 bits per heavy atom. The highest BCUT2D eigenvalue weighted by Crippen LogP contribution is 2.07. The highest BCUT2D eigenvalue weighted by Gasteiger charge is 2.17. The third-order valence-electron chi connectivity index (χ3n) is 2.50. The van der Waals surface area contributed by atoms with Crippen LogP contribution in [0.5, 0.6) is 0 Å². The predicted molar refractivity (Wildman–Crippen MR) is 70.0 cm³/mol. The summed E-state index contributed by atoms with van der Waals surface area (Å²) >= 11 is 0. The maximum Gasteiger partial charge on any atom is 0.242 e. The van der Waals surface area contributed by atoms with Crippen molar-refractivity contribution >= 4 is 10.0 Å². The van der Waals surface area contributed by atoms with Crippen LogP contribution >= 0.6 is 0 Å². The van der Waals surface area contributed by atoms with Crippen LogP contribution in [-0.4, -0.2) is 46.9 Å². The minimum absolute atomic E-state index is 0.0944. The number of nitrogens with two attached hydrogens (primary N) is 1.